The molecule has 0 spiro atoms. The van der Waals surface area contributed by atoms with E-state index < -0.39 is 0 Å². The van der Waals surface area contributed by atoms with Gasteiger partial charge in [0.05, 0.1) is 14.2 Å². The normalized spacial score (nSPS) is 10.3. The van der Waals surface area contributed by atoms with E-state index in [1.54, 1.807) is 19.4 Å². The van der Waals surface area contributed by atoms with Gasteiger partial charge in [0.1, 0.15) is 0 Å². The highest BCUT2D eigenvalue weighted by atomic mass is 19.1. The van der Waals surface area contributed by atoms with Crippen LogP contribution in [0.5, 0.6) is 11.6 Å². The van der Waals surface area contributed by atoms with E-state index >= 15 is 0 Å². The molecule has 0 saturated heterocycles. The number of nitrogens with zero attached hydrogens (tertiary/aromatic N) is 1. The average molecular weight is 276 g/mol. The molecule has 1 aromatic heterocycles. The Morgan fingerprint density at radius 3 is 2.70 bits per heavy atom. The third-order valence-electron chi connectivity index (χ3n) is 2.90. The number of ether oxygens (including phenoxy) is 2. The maximum atomic E-state index is 13.5. The van der Waals surface area contributed by atoms with Crippen LogP contribution < -0.4 is 14.8 Å². The Bertz CT molecular complexity index is 576. The Labute approximate surface area is 117 Å². The van der Waals surface area contributed by atoms with E-state index in [1.807, 2.05) is 18.2 Å². The third kappa shape index (κ3) is 3.45. The second-order valence-electron chi connectivity index (χ2n) is 4.24. The molecule has 0 aliphatic rings. The summed E-state index contributed by atoms with van der Waals surface area (Å²) in [6.07, 6.45) is 1.68. The molecule has 0 aliphatic carbocycles. The van der Waals surface area contributed by atoms with Crippen LogP contribution in [0.1, 0.15) is 11.1 Å². The molecule has 0 bridgehead atoms. The van der Waals surface area contributed by atoms with Gasteiger partial charge in [0.2, 0.25) is 5.88 Å². The Balaban J connectivity index is 1.94. The van der Waals surface area contributed by atoms with Crippen molar-refractivity contribution in [2.24, 2.45) is 0 Å². The quantitative estimate of drug-likeness (QED) is 0.880. The predicted molar refractivity (Wildman–Crippen MR) is 74.3 cm³/mol. The highest BCUT2D eigenvalue weighted by Crippen LogP contribution is 2.18. The summed E-state index contributed by atoms with van der Waals surface area (Å²) in [5.41, 5.74) is 1.81. The van der Waals surface area contributed by atoms with Crippen LogP contribution in [-0.2, 0) is 13.1 Å². The summed E-state index contributed by atoms with van der Waals surface area (Å²) >= 11 is 0. The summed E-state index contributed by atoms with van der Waals surface area (Å²) in [7, 11) is 3.04. The van der Waals surface area contributed by atoms with E-state index in [9.17, 15) is 4.39 Å². The zero-order chi connectivity index (χ0) is 14.4. The van der Waals surface area contributed by atoms with Gasteiger partial charge in [0, 0.05) is 24.8 Å². The molecule has 0 aliphatic heterocycles. The van der Waals surface area contributed by atoms with Gasteiger partial charge < -0.3 is 14.8 Å². The number of nitrogens with one attached hydrogen (secondary N) is 1. The van der Waals surface area contributed by atoms with Gasteiger partial charge in [-0.1, -0.05) is 12.1 Å². The van der Waals surface area contributed by atoms with Gasteiger partial charge in [-0.05, 0) is 23.8 Å². The van der Waals surface area contributed by atoms with Gasteiger partial charge in [0.25, 0.3) is 0 Å². The molecule has 1 N–H and O–H groups in total. The van der Waals surface area contributed by atoms with Crippen LogP contribution in [0.3, 0.4) is 0 Å². The largest absolute Gasteiger partial charge is 0.494 e. The number of halogens is 1. The first kappa shape index (κ1) is 14.3. The van der Waals surface area contributed by atoms with Crippen molar-refractivity contribution in [3.05, 3.63) is 53.5 Å². The van der Waals surface area contributed by atoms with Gasteiger partial charge >= 0.3 is 0 Å². The van der Waals surface area contributed by atoms with E-state index in [1.165, 1.54) is 13.2 Å². The second-order valence-corrected chi connectivity index (χ2v) is 4.24. The van der Waals surface area contributed by atoms with Crippen LogP contribution in [0.25, 0.3) is 0 Å². The highest BCUT2D eigenvalue weighted by molar-refractivity contribution is 5.29. The summed E-state index contributed by atoms with van der Waals surface area (Å²) < 4.78 is 23.6. The van der Waals surface area contributed by atoms with Crippen molar-refractivity contribution in [3.63, 3.8) is 0 Å². The fraction of sp³-hybridized carbons (Fsp3) is 0.267. The van der Waals surface area contributed by atoms with E-state index in [0.29, 0.717) is 19.0 Å². The molecular weight excluding hydrogens is 259 g/mol. The fourth-order valence-corrected chi connectivity index (χ4v) is 1.90. The number of benzene rings is 1. The van der Waals surface area contributed by atoms with Crippen LogP contribution in [-0.4, -0.2) is 19.2 Å². The first-order valence-corrected chi connectivity index (χ1v) is 6.25. The van der Waals surface area contributed by atoms with Crippen molar-refractivity contribution in [2.45, 2.75) is 13.1 Å². The van der Waals surface area contributed by atoms with E-state index in [-0.39, 0.29) is 11.6 Å². The van der Waals surface area contributed by atoms with Crippen molar-refractivity contribution >= 4 is 0 Å². The van der Waals surface area contributed by atoms with Gasteiger partial charge in [-0.15, -0.1) is 0 Å². The minimum absolute atomic E-state index is 0.252. The Hall–Kier alpha value is -2.14. The topological polar surface area (TPSA) is 43.4 Å². The number of rotatable bonds is 6. The van der Waals surface area contributed by atoms with Crippen LogP contribution in [0.4, 0.5) is 4.39 Å². The molecule has 20 heavy (non-hydrogen) atoms. The zero-order valence-electron chi connectivity index (χ0n) is 11.5. The Kier molecular flexibility index (Phi) is 4.90. The fourth-order valence-electron chi connectivity index (χ4n) is 1.90. The summed E-state index contributed by atoms with van der Waals surface area (Å²) in [6, 6.07) is 8.71. The highest BCUT2D eigenvalue weighted by Gasteiger charge is 2.05. The number of methoxy groups -OCH3 is 2. The number of hydrogen-bond donors (Lipinski definition) is 1. The minimum atomic E-state index is -0.356. The van der Waals surface area contributed by atoms with Crippen LogP contribution in [0, 0.1) is 5.82 Å². The lowest BCUT2D eigenvalue weighted by Crippen LogP contribution is -2.14. The molecule has 5 heteroatoms. The molecule has 106 valence electrons. The Morgan fingerprint density at radius 2 is 2.00 bits per heavy atom. The van der Waals surface area contributed by atoms with Crippen LogP contribution >= 0.6 is 0 Å². The number of pyridine rings is 1. The molecule has 0 radical (unpaired) electrons. The third-order valence-corrected chi connectivity index (χ3v) is 2.90. The summed E-state index contributed by atoms with van der Waals surface area (Å²) in [6.45, 7) is 1.16. The maximum absolute atomic E-state index is 13.5. The van der Waals surface area contributed by atoms with Crippen molar-refractivity contribution in [2.75, 3.05) is 14.2 Å². The maximum Gasteiger partial charge on any atom is 0.217 e. The standard InChI is InChI=1S/C15H17FN2O2/c1-19-14-6-5-11(8-13(14)16)9-17-10-12-4-3-7-18-15(12)20-2/h3-8,17H,9-10H2,1-2H3. The molecule has 0 atom stereocenters. The smallest absolute Gasteiger partial charge is 0.217 e. The molecule has 0 amide bonds. The van der Waals surface area contributed by atoms with Crippen LogP contribution in [0.2, 0.25) is 0 Å². The molecular formula is C15H17FN2O2. The van der Waals surface area contributed by atoms with Gasteiger partial charge in [-0.3, -0.25) is 0 Å². The van der Waals surface area contributed by atoms with E-state index in [0.717, 1.165) is 11.1 Å². The molecule has 1 aromatic carbocycles. The SMILES string of the molecule is COc1ccc(CNCc2cccnc2OC)cc1F. The van der Waals surface area contributed by atoms with Crippen LogP contribution in [0.15, 0.2) is 36.5 Å². The lowest BCUT2D eigenvalue weighted by molar-refractivity contribution is 0.385. The molecule has 0 saturated carbocycles. The Morgan fingerprint density at radius 1 is 1.15 bits per heavy atom. The predicted octanol–water partition coefficient (Wildman–Crippen LogP) is 2.53. The monoisotopic (exact) mass is 276 g/mol. The molecule has 1 heterocycles. The second kappa shape index (κ2) is 6.86. The van der Waals surface area contributed by atoms with Crippen molar-refractivity contribution in [1.29, 1.82) is 0 Å². The lowest BCUT2D eigenvalue weighted by Gasteiger charge is -2.09. The molecule has 4 nitrogen and oxygen atoms in total. The van der Waals surface area contributed by atoms with Gasteiger partial charge in [-0.2, -0.15) is 0 Å². The molecule has 0 fully saturated rings. The van der Waals surface area contributed by atoms with E-state index in [2.05, 4.69) is 10.3 Å². The van der Waals surface area contributed by atoms with Gasteiger partial charge in [0.15, 0.2) is 11.6 Å². The van der Waals surface area contributed by atoms with Crippen molar-refractivity contribution in [3.8, 4) is 11.6 Å². The number of aromatic nitrogens is 1. The molecule has 2 rings (SSSR count). The van der Waals surface area contributed by atoms with Crippen molar-refractivity contribution < 1.29 is 13.9 Å². The summed E-state index contributed by atoms with van der Waals surface area (Å²) in [4.78, 5) is 4.12. The molecule has 2 aromatic rings. The van der Waals surface area contributed by atoms with E-state index in [4.69, 9.17) is 9.47 Å². The first-order valence-electron chi connectivity index (χ1n) is 6.25. The zero-order valence-corrected chi connectivity index (χ0v) is 11.5. The number of hydrogen-bond acceptors (Lipinski definition) is 4. The average Bonchev–Trinajstić information content (AvgIpc) is 2.48. The lowest BCUT2D eigenvalue weighted by atomic mass is 10.2. The minimum Gasteiger partial charge on any atom is -0.494 e. The van der Waals surface area contributed by atoms with Gasteiger partial charge in [-0.25, -0.2) is 9.37 Å². The summed E-state index contributed by atoms with van der Waals surface area (Å²) in [5, 5.41) is 3.23. The first-order chi connectivity index (χ1) is 9.74. The van der Waals surface area contributed by atoms with Crippen molar-refractivity contribution in [1.82, 2.24) is 10.3 Å². The molecule has 0 unspecified atom stereocenters. The summed E-state index contributed by atoms with van der Waals surface area (Å²) in [5.74, 6) is 0.495.